The fourth-order valence-electron chi connectivity index (χ4n) is 3.83. The van der Waals surface area contributed by atoms with Crippen molar-refractivity contribution in [3.63, 3.8) is 0 Å². The van der Waals surface area contributed by atoms with E-state index in [1.54, 1.807) is 7.11 Å². The van der Waals surface area contributed by atoms with Crippen LogP contribution >= 0.6 is 24.0 Å². The number of aromatic nitrogens is 1. The molecule has 3 rings (SSSR count). The average Bonchev–Trinajstić information content (AvgIpc) is 2.83. The van der Waals surface area contributed by atoms with Crippen LogP contribution in [-0.2, 0) is 11.3 Å². The highest BCUT2D eigenvalue weighted by Crippen LogP contribution is 2.23. The van der Waals surface area contributed by atoms with Gasteiger partial charge in [-0.2, -0.15) is 0 Å². The van der Waals surface area contributed by atoms with E-state index in [9.17, 15) is 0 Å². The number of rotatable bonds is 9. The van der Waals surface area contributed by atoms with E-state index in [4.69, 9.17) is 14.5 Å². The molecule has 1 unspecified atom stereocenters. The quantitative estimate of drug-likeness (QED) is 0.274. The van der Waals surface area contributed by atoms with E-state index in [1.165, 1.54) is 5.56 Å². The van der Waals surface area contributed by atoms with Crippen LogP contribution in [0.2, 0.25) is 0 Å². The molecular formula is C24H37IN6O2. The fourth-order valence-corrected chi connectivity index (χ4v) is 3.83. The largest absolute Gasteiger partial charge is 0.497 e. The Morgan fingerprint density at radius 2 is 1.91 bits per heavy atom. The minimum absolute atomic E-state index is 0. The number of anilines is 1. The first-order valence-corrected chi connectivity index (χ1v) is 11.2. The van der Waals surface area contributed by atoms with Crippen molar-refractivity contribution in [1.29, 1.82) is 0 Å². The van der Waals surface area contributed by atoms with Crippen molar-refractivity contribution in [3.8, 4) is 5.75 Å². The summed E-state index contributed by atoms with van der Waals surface area (Å²) in [5, 5.41) is 6.93. The summed E-state index contributed by atoms with van der Waals surface area (Å²) in [5.74, 6) is 2.61. The molecule has 1 aromatic heterocycles. The normalized spacial score (nSPS) is 15.3. The van der Waals surface area contributed by atoms with Crippen molar-refractivity contribution in [2.45, 2.75) is 19.5 Å². The molecule has 9 heteroatoms. The number of halogens is 1. The molecule has 0 bridgehead atoms. The van der Waals surface area contributed by atoms with Crippen molar-refractivity contribution in [3.05, 3.63) is 53.7 Å². The smallest absolute Gasteiger partial charge is 0.191 e. The molecule has 182 valence electrons. The predicted molar refractivity (Wildman–Crippen MR) is 145 cm³/mol. The van der Waals surface area contributed by atoms with E-state index in [-0.39, 0.29) is 30.0 Å². The van der Waals surface area contributed by atoms with Crippen LogP contribution in [0.4, 0.5) is 5.82 Å². The Balaban J connectivity index is 0.00000385. The molecule has 1 fully saturated rings. The molecule has 1 aromatic carbocycles. The van der Waals surface area contributed by atoms with Crippen LogP contribution in [0.1, 0.15) is 24.1 Å². The van der Waals surface area contributed by atoms with Gasteiger partial charge in [-0.25, -0.2) is 9.98 Å². The molecule has 1 atom stereocenters. The Hall–Kier alpha value is -2.11. The van der Waals surface area contributed by atoms with Crippen LogP contribution in [0.5, 0.6) is 5.75 Å². The summed E-state index contributed by atoms with van der Waals surface area (Å²) in [4.78, 5) is 13.8. The van der Waals surface area contributed by atoms with Crippen LogP contribution in [-0.4, -0.2) is 76.4 Å². The van der Waals surface area contributed by atoms with Crippen LogP contribution in [0.15, 0.2) is 47.6 Å². The van der Waals surface area contributed by atoms with E-state index in [1.807, 2.05) is 43.4 Å². The first-order chi connectivity index (χ1) is 15.6. The van der Waals surface area contributed by atoms with Gasteiger partial charge in [0.05, 0.1) is 32.9 Å². The summed E-state index contributed by atoms with van der Waals surface area (Å²) in [7, 11) is 5.70. The number of methoxy groups -OCH3 is 1. The van der Waals surface area contributed by atoms with E-state index < -0.39 is 0 Å². The zero-order chi connectivity index (χ0) is 22.8. The monoisotopic (exact) mass is 568 g/mol. The fraction of sp³-hybridized carbons (Fsp3) is 0.500. The van der Waals surface area contributed by atoms with Crippen molar-refractivity contribution >= 4 is 35.8 Å². The summed E-state index contributed by atoms with van der Waals surface area (Å²) in [5.41, 5.74) is 2.34. The third-order valence-electron chi connectivity index (χ3n) is 5.49. The maximum atomic E-state index is 5.58. The summed E-state index contributed by atoms with van der Waals surface area (Å²) in [6.45, 7) is 7.51. The molecule has 33 heavy (non-hydrogen) atoms. The zero-order valence-electron chi connectivity index (χ0n) is 20.1. The van der Waals surface area contributed by atoms with Crippen LogP contribution in [0.25, 0.3) is 0 Å². The molecule has 1 aliphatic heterocycles. The van der Waals surface area contributed by atoms with E-state index in [2.05, 4.69) is 45.6 Å². The highest BCUT2D eigenvalue weighted by Gasteiger charge is 2.23. The molecule has 0 aliphatic carbocycles. The molecule has 1 saturated heterocycles. The minimum atomic E-state index is 0. The highest BCUT2D eigenvalue weighted by atomic mass is 127. The van der Waals surface area contributed by atoms with Crippen LogP contribution in [0, 0.1) is 0 Å². The Bertz CT molecular complexity index is 856. The molecule has 2 heterocycles. The van der Waals surface area contributed by atoms with Crippen molar-refractivity contribution in [1.82, 2.24) is 20.5 Å². The zero-order valence-corrected chi connectivity index (χ0v) is 22.4. The summed E-state index contributed by atoms with van der Waals surface area (Å²) in [6.07, 6.45) is 1.81. The Kier molecular flexibility index (Phi) is 11.7. The van der Waals surface area contributed by atoms with Gasteiger partial charge in [0.1, 0.15) is 11.6 Å². The van der Waals surface area contributed by atoms with Gasteiger partial charge < -0.3 is 25.0 Å². The van der Waals surface area contributed by atoms with Gasteiger partial charge in [-0.3, -0.25) is 4.90 Å². The Morgan fingerprint density at radius 1 is 1.18 bits per heavy atom. The first kappa shape index (κ1) is 27.1. The second-order valence-corrected chi connectivity index (χ2v) is 7.89. The van der Waals surface area contributed by atoms with Crippen molar-refractivity contribution < 1.29 is 9.47 Å². The molecule has 2 aromatic rings. The molecular weight excluding hydrogens is 531 g/mol. The maximum Gasteiger partial charge on any atom is 0.191 e. The lowest BCUT2D eigenvalue weighted by atomic mass is 10.0. The van der Waals surface area contributed by atoms with E-state index in [0.29, 0.717) is 6.54 Å². The third-order valence-corrected chi connectivity index (χ3v) is 5.49. The average molecular weight is 569 g/mol. The number of ether oxygens (including phenoxy) is 2. The summed E-state index contributed by atoms with van der Waals surface area (Å²) < 4.78 is 10.9. The Morgan fingerprint density at radius 3 is 2.55 bits per heavy atom. The molecule has 0 radical (unpaired) electrons. The van der Waals surface area contributed by atoms with Gasteiger partial charge in [-0.05, 0) is 30.7 Å². The van der Waals surface area contributed by atoms with Gasteiger partial charge in [0.15, 0.2) is 5.96 Å². The molecule has 0 spiro atoms. The topological polar surface area (TPSA) is 74.2 Å². The maximum absolute atomic E-state index is 5.58. The Labute approximate surface area is 214 Å². The SMILES string of the molecule is CCNC(=NCc1cccnc1N(C)C)NCC(c1ccc(OC)cc1)N1CCOCC1.I. The number of nitrogens with one attached hydrogen (secondary N) is 2. The minimum Gasteiger partial charge on any atom is -0.497 e. The van der Waals surface area contributed by atoms with E-state index in [0.717, 1.165) is 62.5 Å². The summed E-state index contributed by atoms with van der Waals surface area (Å²) in [6, 6.07) is 12.6. The molecule has 2 N–H and O–H groups in total. The second-order valence-electron chi connectivity index (χ2n) is 7.89. The van der Waals surface area contributed by atoms with Crippen LogP contribution < -0.4 is 20.3 Å². The van der Waals surface area contributed by atoms with Gasteiger partial charge in [-0.15, -0.1) is 24.0 Å². The summed E-state index contributed by atoms with van der Waals surface area (Å²) >= 11 is 0. The number of guanidine groups is 1. The molecule has 0 saturated carbocycles. The third kappa shape index (κ3) is 8.01. The number of hydrogen-bond donors (Lipinski definition) is 2. The number of hydrogen-bond acceptors (Lipinski definition) is 6. The number of nitrogens with zero attached hydrogens (tertiary/aromatic N) is 4. The van der Waals surface area contributed by atoms with Gasteiger partial charge in [0, 0.05) is 52.0 Å². The van der Waals surface area contributed by atoms with Crippen molar-refractivity contribution in [2.75, 3.05) is 65.5 Å². The lowest BCUT2D eigenvalue weighted by Crippen LogP contribution is -2.46. The number of pyridine rings is 1. The van der Waals surface area contributed by atoms with Gasteiger partial charge >= 0.3 is 0 Å². The van der Waals surface area contributed by atoms with Gasteiger partial charge in [-0.1, -0.05) is 18.2 Å². The van der Waals surface area contributed by atoms with Crippen molar-refractivity contribution in [2.24, 2.45) is 4.99 Å². The lowest BCUT2D eigenvalue weighted by Gasteiger charge is -2.35. The number of morpholine rings is 1. The number of aliphatic imine (C=N–C) groups is 1. The molecule has 1 aliphatic rings. The standard InChI is InChI=1S/C24H36N6O2.HI/c1-5-25-24(27-17-20-7-6-12-26-23(20)29(2)3)28-18-22(30-13-15-32-16-14-30)19-8-10-21(31-4)11-9-19;/h6-12,22H,5,13-18H2,1-4H3,(H2,25,27,28);1H. The van der Waals surface area contributed by atoms with Gasteiger partial charge in [0.25, 0.3) is 0 Å². The second kappa shape index (κ2) is 14.2. The lowest BCUT2D eigenvalue weighted by molar-refractivity contribution is 0.0170. The van der Waals surface area contributed by atoms with E-state index >= 15 is 0 Å². The number of benzene rings is 1. The predicted octanol–water partition coefficient (Wildman–Crippen LogP) is 2.90. The van der Waals surface area contributed by atoms with Gasteiger partial charge in [0.2, 0.25) is 0 Å². The van der Waals surface area contributed by atoms with Crippen LogP contribution in [0.3, 0.4) is 0 Å². The molecule has 8 nitrogen and oxygen atoms in total. The molecule has 0 amide bonds. The first-order valence-electron chi connectivity index (χ1n) is 11.2. The highest BCUT2D eigenvalue weighted by molar-refractivity contribution is 14.0.